The lowest BCUT2D eigenvalue weighted by atomic mass is 9.96. The molecule has 5 N–H and O–H groups in total. The van der Waals surface area contributed by atoms with Crippen molar-refractivity contribution < 1.29 is 14.8 Å². The molecule has 134 valence electrons. The number of nitrogens with zero attached hydrogens (tertiary/aromatic N) is 6. The number of azo groups is 1. The standard InChI is InChI=1S/C11H9N9O6/c12-8-4-14-15-9-3-11(13,16-17(8)9)10-6(19(23)24)1-5(18(21)22)2-7(10)20(25)26/h1-4,16H,12-13H2. The summed E-state index contributed by atoms with van der Waals surface area (Å²) in [5.41, 5.74) is 9.16. The molecule has 0 saturated carbocycles. The van der Waals surface area contributed by atoms with Crippen LogP contribution < -0.4 is 16.9 Å². The molecule has 0 aliphatic carbocycles. The Morgan fingerprint density at radius 2 is 1.65 bits per heavy atom. The third-order valence-electron chi connectivity index (χ3n) is 3.59. The summed E-state index contributed by atoms with van der Waals surface area (Å²) in [7, 11) is 0. The Morgan fingerprint density at radius 1 is 1.08 bits per heavy atom. The molecule has 2 heterocycles. The van der Waals surface area contributed by atoms with Crippen LogP contribution in [0.1, 0.15) is 5.56 Å². The number of nitrogens with one attached hydrogen (secondary N) is 1. The second-order valence-electron chi connectivity index (χ2n) is 5.22. The molecule has 0 bridgehead atoms. The summed E-state index contributed by atoms with van der Waals surface area (Å²) < 4.78 is 0. The summed E-state index contributed by atoms with van der Waals surface area (Å²) in [5.74, 6) is 0.0836. The van der Waals surface area contributed by atoms with Crippen molar-refractivity contribution >= 4 is 17.1 Å². The van der Waals surface area contributed by atoms with Crippen molar-refractivity contribution in [2.45, 2.75) is 5.66 Å². The Kier molecular flexibility index (Phi) is 3.59. The van der Waals surface area contributed by atoms with Crippen LogP contribution in [0.2, 0.25) is 0 Å². The van der Waals surface area contributed by atoms with Gasteiger partial charge in [0.15, 0.2) is 5.82 Å². The summed E-state index contributed by atoms with van der Waals surface area (Å²) in [4.78, 5) is 30.8. The first kappa shape index (κ1) is 16.9. The maximum atomic E-state index is 11.4. The Bertz CT molecular complexity index is 918. The molecule has 15 nitrogen and oxygen atoms in total. The maximum absolute atomic E-state index is 11.4. The minimum absolute atomic E-state index is 0.0331. The largest absolute Gasteiger partial charge is 0.383 e. The fourth-order valence-electron chi connectivity index (χ4n) is 2.56. The van der Waals surface area contributed by atoms with Gasteiger partial charge in [0.2, 0.25) is 0 Å². The second-order valence-corrected chi connectivity index (χ2v) is 5.22. The number of non-ortho nitro benzene ring substituents is 1. The Morgan fingerprint density at radius 3 is 2.12 bits per heavy atom. The third-order valence-corrected chi connectivity index (χ3v) is 3.59. The predicted molar refractivity (Wildman–Crippen MR) is 82.5 cm³/mol. The highest BCUT2D eigenvalue weighted by atomic mass is 16.6. The fourth-order valence-corrected chi connectivity index (χ4v) is 2.56. The van der Waals surface area contributed by atoms with Gasteiger partial charge < -0.3 is 11.5 Å². The van der Waals surface area contributed by atoms with Gasteiger partial charge in [0.1, 0.15) is 17.0 Å². The van der Waals surface area contributed by atoms with Gasteiger partial charge in [-0.15, -0.1) is 5.11 Å². The number of benzene rings is 1. The molecular formula is C11H9N9O6. The number of nitro groups is 3. The first-order valence-electron chi connectivity index (χ1n) is 6.72. The first-order chi connectivity index (χ1) is 12.1. The van der Waals surface area contributed by atoms with E-state index in [2.05, 4.69) is 15.7 Å². The van der Waals surface area contributed by atoms with Crippen LogP contribution in [-0.2, 0) is 5.66 Å². The van der Waals surface area contributed by atoms with Crippen molar-refractivity contribution in [3.8, 4) is 0 Å². The van der Waals surface area contributed by atoms with E-state index in [4.69, 9.17) is 11.5 Å². The molecule has 15 heteroatoms. The minimum atomic E-state index is -1.99. The molecule has 2 aliphatic heterocycles. The van der Waals surface area contributed by atoms with E-state index in [-0.39, 0.29) is 11.6 Å². The van der Waals surface area contributed by atoms with Crippen molar-refractivity contribution in [3.63, 3.8) is 0 Å². The molecule has 0 amide bonds. The predicted octanol–water partition coefficient (Wildman–Crippen LogP) is 0.408. The van der Waals surface area contributed by atoms with E-state index in [0.29, 0.717) is 12.1 Å². The van der Waals surface area contributed by atoms with Crippen LogP contribution in [0.15, 0.2) is 46.3 Å². The highest BCUT2D eigenvalue weighted by Crippen LogP contribution is 2.42. The van der Waals surface area contributed by atoms with E-state index in [1.165, 1.54) is 0 Å². The smallest absolute Gasteiger partial charge is 0.290 e. The average Bonchev–Trinajstić information content (AvgIpc) is 2.92. The van der Waals surface area contributed by atoms with Crippen LogP contribution in [0, 0.1) is 30.3 Å². The maximum Gasteiger partial charge on any atom is 0.290 e. The second kappa shape index (κ2) is 5.53. The summed E-state index contributed by atoms with van der Waals surface area (Å²) in [5, 5.41) is 42.2. The molecule has 2 aliphatic rings. The van der Waals surface area contributed by atoms with E-state index >= 15 is 0 Å². The molecule has 0 fully saturated rings. The zero-order chi connectivity index (χ0) is 19.2. The van der Waals surface area contributed by atoms with E-state index in [1.54, 1.807) is 0 Å². The Hall–Kier alpha value is -3.98. The van der Waals surface area contributed by atoms with Crippen molar-refractivity contribution in [1.82, 2.24) is 10.4 Å². The molecule has 1 aromatic carbocycles. The van der Waals surface area contributed by atoms with E-state index in [1.807, 2.05) is 0 Å². The van der Waals surface area contributed by atoms with Gasteiger partial charge in [0, 0.05) is 6.08 Å². The highest BCUT2D eigenvalue weighted by Gasteiger charge is 2.47. The van der Waals surface area contributed by atoms with Crippen LogP contribution in [0.3, 0.4) is 0 Å². The lowest BCUT2D eigenvalue weighted by molar-refractivity contribution is -0.404. The number of hydrogen-bond acceptors (Lipinski definition) is 12. The zero-order valence-corrected chi connectivity index (χ0v) is 12.6. The average molecular weight is 363 g/mol. The van der Waals surface area contributed by atoms with Gasteiger partial charge in [0.05, 0.1) is 33.1 Å². The summed E-state index contributed by atoms with van der Waals surface area (Å²) in [6.45, 7) is 0. The number of nitrogens with two attached hydrogens (primary N) is 2. The van der Waals surface area contributed by atoms with Gasteiger partial charge in [0.25, 0.3) is 17.1 Å². The number of nitro benzene ring substituents is 3. The summed E-state index contributed by atoms with van der Waals surface area (Å²) in [6, 6.07) is 1.18. The van der Waals surface area contributed by atoms with Crippen LogP contribution in [0.4, 0.5) is 17.1 Å². The summed E-state index contributed by atoms with van der Waals surface area (Å²) in [6.07, 6.45) is 2.30. The molecule has 3 rings (SSSR count). The van der Waals surface area contributed by atoms with Crippen LogP contribution in [-0.4, -0.2) is 19.8 Å². The van der Waals surface area contributed by atoms with Gasteiger partial charge in [-0.25, -0.2) is 5.01 Å². The van der Waals surface area contributed by atoms with Gasteiger partial charge in [-0.05, 0) is 0 Å². The van der Waals surface area contributed by atoms with E-state index < -0.39 is 43.1 Å². The van der Waals surface area contributed by atoms with Gasteiger partial charge in [-0.1, -0.05) is 0 Å². The fraction of sp³-hybridized carbons (Fsp3) is 0.0909. The van der Waals surface area contributed by atoms with E-state index in [0.717, 1.165) is 17.3 Å². The first-order valence-corrected chi connectivity index (χ1v) is 6.72. The van der Waals surface area contributed by atoms with Crippen molar-refractivity contribution in [2.75, 3.05) is 0 Å². The van der Waals surface area contributed by atoms with Crippen molar-refractivity contribution in [2.24, 2.45) is 21.7 Å². The lowest BCUT2D eigenvalue weighted by Crippen LogP contribution is -2.52. The van der Waals surface area contributed by atoms with Crippen LogP contribution >= 0.6 is 0 Å². The molecule has 1 aromatic rings. The minimum Gasteiger partial charge on any atom is -0.383 e. The molecular weight excluding hydrogens is 354 g/mol. The lowest BCUT2D eigenvalue weighted by Gasteiger charge is -2.27. The van der Waals surface area contributed by atoms with Gasteiger partial charge in [-0.2, -0.15) is 10.5 Å². The molecule has 1 atom stereocenters. The quantitative estimate of drug-likeness (QED) is 0.493. The molecule has 0 radical (unpaired) electrons. The zero-order valence-electron chi connectivity index (χ0n) is 12.6. The van der Waals surface area contributed by atoms with Crippen LogP contribution in [0.5, 0.6) is 0 Å². The Balaban J connectivity index is 2.28. The Labute approximate surface area is 142 Å². The van der Waals surface area contributed by atoms with Gasteiger partial charge in [-0.3, -0.25) is 30.3 Å². The highest BCUT2D eigenvalue weighted by molar-refractivity contribution is 5.65. The topological polar surface area (TPSA) is 221 Å². The normalized spacial score (nSPS) is 21.0. The molecule has 0 spiro atoms. The monoisotopic (exact) mass is 363 g/mol. The molecule has 1 unspecified atom stereocenters. The number of rotatable bonds is 4. The number of hydrogen-bond donors (Lipinski definition) is 3. The molecule has 26 heavy (non-hydrogen) atoms. The molecule has 0 saturated heterocycles. The van der Waals surface area contributed by atoms with E-state index in [9.17, 15) is 30.3 Å². The van der Waals surface area contributed by atoms with Crippen molar-refractivity contribution in [1.29, 1.82) is 0 Å². The summed E-state index contributed by atoms with van der Waals surface area (Å²) >= 11 is 0. The number of hydrazine groups is 1. The van der Waals surface area contributed by atoms with Crippen LogP contribution in [0.25, 0.3) is 0 Å². The molecule has 0 aromatic heterocycles. The number of fused-ring (bicyclic) bond motifs is 1. The third kappa shape index (κ3) is 2.48. The SMILES string of the molecule is NC1=CN=NC2=CC(N)(c3c([N+](=O)[O-])cc([N+](=O)[O-])cc3[N+](=O)[O-])NN12. The van der Waals surface area contributed by atoms with Crippen molar-refractivity contribution in [3.05, 3.63) is 72.0 Å². The van der Waals surface area contributed by atoms with Gasteiger partial charge >= 0.3 is 0 Å².